The summed E-state index contributed by atoms with van der Waals surface area (Å²) in [5.74, 6) is 1.59. The van der Waals surface area contributed by atoms with Gasteiger partial charge < -0.3 is 14.6 Å². The van der Waals surface area contributed by atoms with Gasteiger partial charge in [0.25, 0.3) is 0 Å². The van der Waals surface area contributed by atoms with E-state index in [-0.39, 0.29) is 17.3 Å². The molecule has 0 saturated heterocycles. The molecule has 0 aliphatic carbocycles. The minimum absolute atomic E-state index is 0.110. The van der Waals surface area contributed by atoms with Crippen molar-refractivity contribution in [3.8, 4) is 5.75 Å². The van der Waals surface area contributed by atoms with Crippen LogP contribution in [-0.2, 0) is 31.9 Å². The number of fused-ring (bicyclic) bond motifs is 1. The number of nitrogens with one attached hydrogen (secondary N) is 1. The molecule has 0 aliphatic rings. The summed E-state index contributed by atoms with van der Waals surface area (Å²) in [5.41, 5.74) is 3.17. The molecule has 0 spiro atoms. The van der Waals surface area contributed by atoms with Crippen molar-refractivity contribution in [3.63, 3.8) is 0 Å². The van der Waals surface area contributed by atoms with Gasteiger partial charge in [0.05, 0.1) is 23.9 Å². The predicted octanol–water partition coefficient (Wildman–Crippen LogP) is 2.98. The predicted molar refractivity (Wildman–Crippen MR) is 134 cm³/mol. The smallest absolute Gasteiger partial charge is 0.328 e. The lowest BCUT2D eigenvalue weighted by atomic mass is 10.1. The van der Waals surface area contributed by atoms with Crippen molar-refractivity contribution in [2.45, 2.75) is 18.1 Å². The third kappa shape index (κ3) is 4.76. The zero-order chi connectivity index (χ0) is 24.2. The van der Waals surface area contributed by atoms with E-state index in [4.69, 9.17) is 4.74 Å². The SMILES string of the molecule is C=CCn1c(Cc2ccc(OC)cc2)nnc1SCC(=O)Nc1ccc2c(c1)n(C)c(=O)n2C. The number of anilines is 1. The normalized spacial score (nSPS) is 11.0. The Bertz CT molecular complexity index is 1400. The van der Waals surface area contributed by atoms with Crippen LogP contribution in [0.15, 0.2) is 65.1 Å². The number of carbonyl (C=O) groups excluding carboxylic acids is 1. The van der Waals surface area contributed by atoms with E-state index >= 15 is 0 Å². The summed E-state index contributed by atoms with van der Waals surface area (Å²) in [5, 5.41) is 12.2. The molecule has 10 heteroatoms. The fourth-order valence-electron chi connectivity index (χ4n) is 3.71. The van der Waals surface area contributed by atoms with Gasteiger partial charge in [-0.2, -0.15) is 0 Å². The summed E-state index contributed by atoms with van der Waals surface area (Å²) in [6.07, 6.45) is 2.39. The van der Waals surface area contributed by atoms with Gasteiger partial charge in [-0.3, -0.25) is 13.9 Å². The van der Waals surface area contributed by atoms with Crippen molar-refractivity contribution in [1.82, 2.24) is 23.9 Å². The molecule has 0 radical (unpaired) electrons. The molecular weight excluding hydrogens is 452 g/mol. The molecule has 2 aromatic heterocycles. The number of ether oxygens (including phenoxy) is 1. The fraction of sp³-hybridized carbons (Fsp3) is 0.250. The van der Waals surface area contributed by atoms with Gasteiger partial charge in [-0.15, -0.1) is 16.8 Å². The highest BCUT2D eigenvalue weighted by molar-refractivity contribution is 7.99. The average molecular weight is 479 g/mol. The Kier molecular flexibility index (Phi) is 6.87. The molecule has 34 heavy (non-hydrogen) atoms. The second kappa shape index (κ2) is 10.0. The third-order valence-corrected chi connectivity index (χ3v) is 6.48. The summed E-state index contributed by atoms with van der Waals surface area (Å²) in [6.45, 7) is 4.37. The van der Waals surface area contributed by atoms with Crippen LogP contribution < -0.4 is 15.7 Å². The van der Waals surface area contributed by atoms with Crippen molar-refractivity contribution in [2.75, 3.05) is 18.2 Å². The van der Waals surface area contributed by atoms with Gasteiger partial charge in [-0.1, -0.05) is 30.0 Å². The van der Waals surface area contributed by atoms with Gasteiger partial charge in [0, 0.05) is 32.7 Å². The summed E-state index contributed by atoms with van der Waals surface area (Å²) in [7, 11) is 5.07. The molecule has 4 aromatic rings. The number of methoxy groups -OCH3 is 1. The van der Waals surface area contributed by atoms with Crippen molar-refractivity contribution in [2.24, 2.45) is 14.1 Å². The van der Waals surface area contributed by atoms with Gasteiger partial charge in [0.1, 0.15) is 11.6 Å². The molecule has 0 atom stereocenters. The van der Waals surface area contributed by atoms with E-state index in [1.54, 1.807) is 48.5 Å². The lowest BCUT2D eigenvalue weighted by Crippen LogP contribution is -2.19. The number of rotatable bonds is 9. The van der Waals surface area contributed by atoms with Crippen molar-refractivity contribution in [1.29, 1.82) is 0 Å². The van der Waals surface area contributed by atoms with Crippen LogP contribution in [0.2, 0.25) is 0 Å². The Hall–Kier alpha value is -3.79. The summed E-state index contributed by atoms with van der Waals surface area (Å²) >= 11 is 1.32. The molecule has 0 bridgehead atoms. The van der Waals surface area contributed by atoms with Crippen LogP contribution in [0.25, 0.3) is 11.0 Å². The third-order valence-electron chi connectivity index (χ3n) is 5.51. The average Bonchev–Trinajstić information content (AvgIpc) is 3.32. The number of aryl methyl sites for hydroxylation is 2. The maximum atomic E-state index is 12.6. The first-order valence-electron chi connectivity index (χ1n) is 10.6. The monoisotopic (exact) mass is 478 g/mol. The highest BCUT2D eigenvalue weighted by Crippen LogP contribution is 2.22. The summed E-state index contributed by atoms with van der Waals surface area (Å²) in [6, 6.07) is 13.2. The topological polar surface area (TPSA) is 96.0 Å². The quantitative estimate of drug-likeness (QED) is 0.294. The second-order valence-electron chi connectivity index (χ2n) is 7.76. The minimum Gasteiger partial charge on any atom is -0.497 e. The lowest BCUT2D eigenvalue weighted by Gasteiger charge is -2.09. The molecule has 1 N–H and O–H groups in total. The van der Waals surface area contributed by atoms with E-state index in [9.17, 15) is 9.59 Å². The summed E-state index contributed by atoms with van der Waals surface area (Å²) < 4.78 is 10.3. The number of imidazole rings is 1. The van der Waals surface area contributed by atoms with Gasteiger partial charge in [0.2, 0.25) is 5.91 Å². The Morgan fingerprint density at radius 2 is 1.85 bits per heavy atom. The lowest BCUT2D eigenvalue weighted by molar-refractivity contribution is -0.113. The standard InChI is InChI=1S/C24H26N6O3S/c1-5-12-30-21(13-16-6-9-18(33-4)10-7-16)26-27-23(30)34-15-22(31)25-17-8-11-19-20(14-17)29(3)24(32)28(19)2/h5-11,14H,1,12-13,15H2,2-4H3,(H,25,31). The number of aromatic nitrogens is 5. The van der Waals surface area contributed by atoms with E-state index in [0.29, 0.717) is 23.8 Å². The van der Waals surface area contributed by atoms with Crippen LogP contribution in [0.1, 0.15) is 11.4 Å². The minimum atomic E-state index is -0.171. The Morgan fingerprint density at radius 1 is 1.12 bits per heavy atom. The molecule has 0 aliphatic heterocycles. The second-order valence-corrected chi connectivity index (χ2v) is 8.71. The van der Waals surface area contributed by atoms with Gasteiger partial charge in [-0.25, -0.2) is 4.79 Å². The van der Waals surface area contributed by atoms with Crippen LogP contribution in [-0.4, -0.2) is 42.7 Å². The number of benzene rings is 2. The fourth-order valence-corrected chi connectivity index (χ4v) is 4.47. The number of amides is 1. The zero-order valence-electron chi connectivity index (χ0n) is 19.3. The number of carbonyl (C=O) groups is 1. The first-order valence-corrected chi connectivity index (χ1v) is 11.6. The van der Waals surface area contributed by atoms with Crippen molar-refractivity contribution < 1.29 is 9.53 Å². The molecule has 2 heterocycles. The van der Waals surface area contributed by atoms with Gasteiger partial charge in [0.15, 0.2) is 5.16 Å². The number of hydrogen-bond acceptors (Lipinski definition) is 6. The van der Waals surface area contributed by atoms with E-state index in [1.807, 2.05) is 34.9 Å². The van der Waals surface area contributed by atoms with E-state index < -0.39 is 0 Å². The molecule has 0 fully saturated rings. The molecule has 176 valence electrons. The highest BCUT2D eigenvalue weighted by Gasteiger charge is 2.15. The van der Waals surface area contributed by atoms with Crippen LogP contribution in [0.5, 0.6) is 5.75 Å². The maximum Gasteiger partial charge on any atom is 0.328 e. The molecule has 1 amide bonds. The summed E-state index contributed by atoms with van der Waals surface area (Å²) in [4.78, 5) is 24.7. The van der Waals surface area contributed by atoms with Crippen molar-refractivity contribution in [3.05, 3.63) is 77.0 Å². The van der Waals surface area contributed by atoms with Crippen molar-refractivity contribution >= 4 is 34.4 Å². The number of hydrogen-bond donors (Lipinski definition) is 1. The molecule has 4 rings (SSSR count). The van der Waals surface area contributed by atoms with Gasteiger partial charge in [-0.05, 0) is 35.9 Å². The number of thioether (sulfide) groups is 1. The molecule has 2 aromatic carbocycles. The molecule has 0 saturated carbocycles. The molecule has 0 unspecified atom stereocenters. The van der Waals surface area contributed by atoms with Crippen LogP contribution in [0, 0.1) is 0 Å². The highest BCUT2D eigenvalue weighted by atomic mass is 32.2. The Labute approximate surface area is 201 Å². The largest absolute Gasteiger partial charge is 0.497 e. The van der Waals surface area contributed by atoms with E-state index in [1.165, 1.54) is 11.8 Å². The van der Waals surface area contributed by atoms with Crippen LogP contribution in [0.4, 0.5) is 5.69 Å². The number of allylic oxidation sites excluding steroid dienone is 1. The number of nitrogens with zero attached hydrogens (tertiary/aromatic N) is 5. The van der Waals surface area contributed by atoms with Gasteiger partial charge >= 0.3 is 5.69 Å². The maximum absolute atomic E-state index is 12.6. The molecular formula is C24H26N6O3S. The molecule has 9 nitrogen and oxygen atoms in total. The van der Waals surface area contributed by atoms with Crippen LogP contribution >= 0.6 is 11.8 Å². The first-order chi connectivity index (χ1) is 16.4. The van der Waals surface area contributed by atoms with E-state index in [0.717, 1.165) is 28.2 Å². The first kappa shape index (κ1) is 23.4. The Morgan fingerprint density at radius 3 is 2.56 bits per heavy atom. The van der Waals surface area contributed by atoms with Crippen LogP contribution in [0.3, 0.4) is 0 Å². The van der Waals surface area contributed by atoms with E-state index in [2.05, 4.69) is 22.1 Å². The Balaban J connectivity index is 1.43. The zero-order valence-corrected chi connectivity index (χ0v) is 20.1.